The number of hydrogen-bond acceptors (Lipinski definition) is 2. The lowest BCUT2D eigenvalue weighted by Crippen LogP contribution is -2.44. The van der Waals surface area contributed by atoms with Crippen LogP contribution in [0.3, 0.4) is 0 Å². The first-order chi connectivity index (χ1) is 8.29. The third-order valence-corrected chi connectivity index (χ3v) is 4.02. The van der Waals surface area contributed by atoms with Crippen LogP contribution in [-0.2, 0) is 6.54 Å². The van der Waals surface area contributed by atoms with Crippen LogP contribution in [0.1, 0.15) is 24.8 Å². The smallest absolute Gasteiger partial charge is 0.0237 e. The van der Waals surface area contributed by atoms with Crippen molar-refractivity contribution in [2.24, 2.45) is 0 Å². The van der Waals surface area contributed by atoms with Crippen LogP contribution in [0.4, 0.5) is 0 Å². The lowest BCUT2D eigenvalue weighted by atomic mass is 10.0. The molecule has 1 saturated heterocycles. The average Bonchev–Trinajstić information content (AvgIpc) is 2.35. The molecule has 0 bridgehead atoms. The molecule has 0 aliphatic carbocycles. The van der Waals surface area contributed by atoms with Crippen molar-refractivity contribution in [1.29, 1.82) is 0 Å². The molecule has 0 aromatic heterocycles. The van der Waals surface area contributed by atoms with Crippen molar-refractivity contribution in [2.45, 2.75) is 31.8 Å². The van der Waals surface area contributed by atoms with Crippen molar-refractivity contribution in [3.8, 4) is 0 Å². The summed E-state index contributed by atoms with van der Waals surface area (Å²) in [6, 6.07) is 9.40. The zero-order chi connectivity index (χ0) is 12.1. The van der Waals surface area contributed by atoms with Crippen molar-refractivity contribution in [3.63, 3.8) is 0 Å². The molecule has 1 heterocycles. The van der Waals surface area contributed by atoms with Crippen molar-refractivity contribution in [3.05, 3.63) is 34.3 Å². The molecule has 0 radical (unpaired) electrons. The molecule has 1 fully saturated rings. The van der Waals surface area contributed by atoms with Gasteiger partial charge in [-0.25, -0.2) is 0 Å². The fourth-order valence-corrected chi connectivity index (χ4v) is 2.82. The Balaban J connectivity index is 1.97. The van der Waals surface area contributed by atoms with Crippen molar-refractivity contribution < 1.29 is 0 Å². The summed E-state index contributed by atoms with van der Waals surface area (Å²) < 4.78 is 1.16. The predicted octanol–water partition coefficient (Wildman–Crippen LogP) is 3.02. The Hall–Kier alpha value is -0.380. The molecular weight excluding hydrogens is 276 g/mol. The van der Waals surface area contributed by atoms with Crippen molar-refractivity contribution in [1.82, 2.24) is 10.2 Å². The van der Waals surface area contributed by atoms with Crippen LogP contribution >= 0.6 is 15.9 Å². The molecule has 2 nitrogen and oxygen atoms in total. The monoisotopic (exact) mass is 296 g/mol. The molecule has 0 amide bonds. The third kappa shape index (κ3) is 3.80. The Morgan fingerprint density at radius 1 is 1.29 bits per heavy atom. The Labute approximate surface area is 113 Å². The van der Waals surface area contributed by atoms with Crippen LogP contribution in [0.15, 0.2) is 28.7 Å². The second-order valence-corrected chi connectivity index (χ2v) is 5.72. The van der Waals surface area contributed by atoms with E-state index >= 15 is 0 Å². The number of halogens is 1. The second kappa shape index (κ2) is 6.53. The number of piperidine rings is 1. The molecule has 1 aliphatic rings. The fourth-order valence-electron chi connectivity index (χ4n) is 2.56. The van der Waals surface area contributed by atoms with Gasteiger partial charge in [0.1, 0.15) is 0 Å². The Morgan fingerprint density at radius 3 is 2.76 bits per heavy atom. The van der Waals surface area contributed by atoms with Gasteiger partial charge in [-0.2, -0.15) is 0 Å². The molecule has 2 rings (SSSR count). The number of likely N-dealkylation sites (N-methyl/N-ethyl adjacent to an activating group) is 1. The Morgan fingerprint density at radius 2 is 2.06 bits per heavy atom. The van der Waals surface area contributed by atoms with Gasteiger partial charge < -0.3 is 5.32 Å². The summed E-state index contributed by atoms with van der Waals surface area (Å²) in [5, 5.41) is 3.31. The van der Waals surface area contributed by atoms with Crippen LogP contribution in [-0.4, -0.2) is 31.1 Å². The number of likely N-dealkylation sites (tertiary alicyclic amines) is 1. The summed E-state index contributed by atoms with van der Waals surface area (Å²) >= 11 is 3.48. The zero-order valence-corrected chi connectivity index (χ0v) is 12.0. The van der Waals surface area contributed by atoms with Gasteiger partial charge in [0.2, 0.25) is 0 Å². The van der Waals surface area contributed by atoms with E-state index < -0.39 is 0 Å². The van der Waals surface area contributed by atoms with Gasteiger partial charge in [0.15, 0.2) is 0 Å². The van der Waals surface area contributed by atoms with Crippen LogP contribution in [0.25, 0.3) is 0 Å². The molecule has 3 heteroatoms. The van der Waals surface area contributed by atoms with Gasteiger partial charge in [-0.15, -0.1) is 0 Å². The molecule has 17 heavy (non-hydrogen) atoms. The first-order valence-electron chi connectivity index (χ1n) is 6.42. The molecule has 1 aromatic rings. The lowest BCUT2D eigenvalue weighted by molar-refractivity contribution is 0.139. The molecule has 1 aliphatic heterocycles. The van der Waals surface area contributed by atoms with Crippen LogP contribution in [0.2, 0.25) is 0 Å². The van der Waals surface area contributed by atoms with E-state index in [-0.39, 0.29) is 0 Å². The van der Waals surface area contributed by atoms with Crippen LogP contribution < -0.4 is 5.32 Å². The highest BCUT2D eigenvalue weighted by Gasteiger charge is 2.21. The maximum absolute atomic E-state index is 3.48. The van der Waals surface area contributed by atoms with E-state index in [1.807, 2.05) is 7.05 Å². The molecular formula is C14H21BrN2. The topological polar surface area (TPSA) is 15.3 Å². The second-order valence-electron chi connectivity index (χ2n) is 4.80. The van der Waals surface area contributed by atoms with E-state index in [9.17, 15) is 0 Å². The third-order valence-electron chi connectivity index (χ3n) is 3.49. The van der Waals surface area contributed by atoms with E-state index in [0.29, 0.717) is 6.04 Å². The van der Waals surface area contributed by atoms with Crippen LogP contribution in [0, 0.1) is 0 Å². The largest absolute Gasteiger partial charge is 0.318 e. The molecule has 1 atom stereocenters. The Bertz CT molecular complexity index is 335. The minimum Gasteiger partial charge on any atom is -0.318 e. The molecule has 1 aromatic carbocycles. The van der Waals surface area contributed by atoms with Gasteiger partial charge in [-0.3, -0.25) is 4.90 Å². The summed E-state index contributed by atoms with van der Waals surface area (Å²) in [5.74, 6) is 0. The SMILES string of the molecule is CNCC1CCCCN1Cc1ccc(Br)cc1. The summed E-state index contributed by atoms with van der Waals surface area (Å²) in [6.07, 6.45) is 4.05. The standard InChI is InChI=1S/C14H21BrN2/c1-16-10-14-4-2-3-9-17(14)11-12-5-7-13(15)8-6-12/h5-8,14,16H,2-4,9-11H2,1H3. The van der Waals surface area contributed by atoms with E-state index in [1.54, 1.807) is 0 Å². The lowest BCUT2D eigenvalue weighted by Gasteiger charge is -2.35. The van der Waals surface area contributed by atoms with Crippen molar-refractivity contribution >= 4 is 15.9 Å². The summed E-state index contributed by atoms with van der Waals surface area (Å²) in [7, 11) is 2.05. The van der Waals surface area contributed by atoms with Gasteiger partial charge in [-0.05, 0) is 44.1 Å². The Kier molecular flexibility index (Phi) is 5.01. The average molecular weight is 297 g/mol. The zero-order valence-electron chi connectivity index (χ0n) is 10.5. The van der Waals surface area contributed by atoms with E-state index in [2.05, 4.69) is 50.4 Å². The number of nitrogens with one attached hydrogen (secondary N) is 1. The van der Waals surface area contributed by atoms with Gasteiger partial charge in [-0.1, -0.05) is 34.5 Å². The molecule has 94 valence electrons. The maximum Gasteiger partial charge on any atom is 0.0237 e. The quantitative estimate of drug-likeness (QED) is 0.919. The number of nitrogens with zero attached hydrogens (tertiary/aromatic N) is 1. The number of rotatable bonds is 4. The van der Waals surface area contributed by atoms with Gasteiger partial charge in [0.25, 0.3) is 0 Å². The highest BCUT2D eigenvalue weighted by atomic mass is 79.9. The highest BCUT2D eigenvalue weighted by Crippen LogP contribution is 2.20. The van der Waals surface area contributed by atoms with Crippen molar-refractivity contribution in [2.75, 3.05) is 20.1 Å². The minimum atomic E-state index is 0.706. The van der Waals surface area contributed by atoms with E-state index in [4.69, 9.17) is 0 Å². The van der Waals surface area contributed by atoms with Gasteiger partial charge >= 0.3 is 0 Å². The summed E-state index contributed by atoms with van der Waals surface area (Å²) in [4.78, 5) is 2.61. The highest BCUT2D eigenvalue weighted by molar-refractivity contribution is 9.10. The first kappa shape index (κ1) is 13.1. The number of hydrogen-bond donors (Lipinski definition) is 1. The first-order valence-corrected chi connectivity index (χ1v) is 7.22. The van der Waals surface area contributed by atoms with Gasteiger partial charge in [0, 0.05) is 23.6 Å². The molecule has 0 saturated carbocycles. The number of benzene rings is 1. The normalized spacial score (nSPS) is 21.6. The summed E-state index contributed by atoms with van der Waals surface area (Å²) in [5.41, 5.74) is 1.41. The van der Waals surface area contributed by atoms with E-state index in [1.165, 1.54) is 31.4 Å². The molecule has 1 N–H and O–H groups in total. The summed E-state index contributed by atoms with van der Waals surface area (Å²) in [6.45, 7) is 3.43. The van der Waals surface area contributed by atoms with Gasteiger partial charge in [0.05, 0.1) is 0 Å². The van der Waals surface area contributed by atoms with Crippen LogP contribution in [0.5, 0.6) is 0 Å². The maximum atomic E-state index is 3.48. The molecule has 0 spiro atoms. The predicted molar refractivity (Wildman–Crippen MR) is 76.1 cm³/mol. The van der Waals surface area contributed by atoms with E-state index in [0.717, 1.165) is 17.6 Å². The fraction of sp³-hybridized carbons (Fsp3) is 0.571. The minimum absolute atomic E-state index is 0.706. The molecule has 1 unspecified atom stereocenters.